The normalized spacial score (nSPS) is 9.68. The summed E-state index contributed by atoms with van der Waals surface area (Å²) in [5.74, 6) is -3.51. The molecule has 7 nitrogen and oxygen atoms in total. The fraction of sp³-hybridized carbons (Fsp3) is 0.167. The highest BCUT2D eigenvalue weighted by molar-refractivity contribution is 5.91. The fourth-order valence-electron chi connectivity index (χ4n) is 1.14. The maximum absolute atomic E-state index is 11.5. The molecule has 0 aliphatic carbocycles. The van der Waals surface area contributed by atoms with Gasteiger partial charge in [-0.3, -0.25) is 0 Å². The quantitative estimate of drug-likeness (QED) is 0.311. The van der Waals surface area contributed by atoms with E-state index in [0.717, 1.165) is 18.2 Å². The fourth-order valence-corrected chi connectivity index (χ4v) is 1.14. The molecule has 0 saturated carbocycles. The minimum Gasteiger partial charge on any atom is -0.504 e. The Morgan fingerprint density at radius 3 is 2.16 bits per heavy atom. The van der Waals surface area contributed by atoms with Crippen LogP contribution in [0.15, 0.2) is 24.8 Å². The molecule has 0 aliphatic rings. The van der Waals surface area contributed by atoms with Gasteiger partial charge in [-0.25, -0.2) is 9.59 Å². The van der Waals surface area contributed by atoms with Gasteiger partial charge in [0.2, 0.25) is 0 Å². The number of phenolic OH excluding ortho intramolecular Hbond substituents is 3. The van der Waals surface area contributed by atoms with Crippen LogP contribution in [0.3, 0.4) is 0 Å². The summed E-state index contributed by atoms with van der Waals surface area (Å²) < 4.78 is 9.29. The van der Waals surface area contributed by atoms with Gasteiger partial charge >= 0.3 is 11.9 Å². The van der Waals surface area contributed by atoms with E-state index >= 15 is 0 Å². The molecule has 0 aliphatic heterocycles. The van der Waals surface area contributed by atoms with Crippen LogP contribution in [0, 0.1) is 0 Å². The second-order valence-corrected chi connectivity index (χ2v) is 3.37. The van der Waals surface area contributed by atoms with E-state index in [1.165, 1.54) is 0 Å². The van der Waals surface area contributed by atoms with Crippen molar-refractivity contribution >= 4 is 11.9 Å². The molecule has 102 valence electrons. The Balaban J connectivity index is 2.55. The summed E-state index contributed by atoms with van der Waals surface area (Å²) in [5, 5.41) is 27.5. The molecule has 0 atom stereocenters. The molecule has 0 saturated heterocycles. The predicted molar refractivity (Wildman–Crippen MR) is 62.9 cm³/mol. The molecule has 0 aromatic heterocycles. The van der Waals surface area contributed by atoms with Crippen molar-refractivity contribution in [1.29, 1.82) is 0 Å². The maximum Gasteiger partial charge on any atom is 0.338 e. The summed E-state index contributed by atoms with van der Waals surface area (Å²) in [6.07, 6.45) is 0.970. The van der Waals surface area contributed by atoms with E-state index in [4.69, 9.17) is 9.84 Å². The minimum atomic E-state index is -0.847. The van der Waals surface area contributed by atoms with E-state index in [1.807, 2.05) is 0 Å². The minimum absolute atomic E-state index is 0.146. The molecular weight excluding hydrogens is 256 g/mol. The first-order valence-corrected chi connectivity index (χ1v) is 5.17. The number of phenols is 3. The van der Waals surface area contributed by atoms with Crippen LogP contribution in [-0.2, 0) is 14.3 Å². The van der Waals surface area contributed by atoms with Gasteiger partial charge in [0.1, 0.15) is 13.2 Å². The van der Waals surface area contributed by atoms with Crippen LogP contribution >= 0.6 is 0 Å². The van der Waals surface area contributed by atoms with Gasteiger partial charge in [0, 0.05) is 6.08 Å². The van der Waals surface area contributed by atoms with Crippen molar-refractivity contribution in [2.24, 2.45) is 0 Å². The zero-order valence-electron chi connectivity index (χ0n) is 9.83. The van der Waals surface area contributed by atoms with Crippen molar-refractivity contribution in [3.63, 3.8) is 0 Å². The van der Waals surface area contributed by atoms with E-state index in [1.54, 1.807) is 0 Å². The second kappa shape index (κ2) is 6.29. The van der Waals surface area contributed by atoms with Crippen LogP contribution in [0.2, 0.25) is 0 Å². The Morgan fingerprint density at radius 2 is 1.63 bits per heavy atom. The van der Waals surface area contributed by atoms with E-state index in [9.17, 15) is 19.8 Å². The van der Waals surface area contributed by atoms with Gasteiger partial charge in [0.15, 0.2) is 17.2 Å². The number of hydrogen-bond donors (Lipinski definition) is 3. The van der Waals surface area contributed by atoms with Crippen molar-refractivity contribution in [3.05, 3.63) is 30.4 Å². The smallest absolute Gasteiger partial charge is 0.338 e. The highest BCUT2D eigenvalue weighted by Crippen LogP contribution is 2.35. The third kappa shape index (κ3) is 3.91. The lowest BCUT2D eigenvalue weighted by atomic mass is 10.2. The monoisotopic (exact) mass is 268 g/mol. The number of esters is 2. The standard InChI is InChI=1S/C12H12O7/c1-2-10(15)18-3-4-19-12(17)7-5-8(13)11(16)9(14)6-7/h2,5-6,13-14,16H,1,3-4H2. The molecule has 1 aromatic carbocycles. The van der Waals surface area contributed by atoms with Crippen molar-refractivity contribution in [2.45, 2.75) is 0 Å². The van der Waals surface area contributed by atoms with E-state index in [2.05, 4.69) is 11.3 Å². The van der Waals surface area contributed by atoms with Gasteiger partial charge in [-0.15, -0.1) is 0 Å². The molecule has 0 bridgehead atoms. The van der Waals surface area contributed by atoms with Crippen LogP contribution in [0.25, 0.3) is 0 Å². The number of carbonyl (C=O) groups is 2. The number of aromatic hydroxyl groups is 3. The first kappa shape index (κ1) is 14.4. The Morgan fingerprint density at radius 1 is 1.11 bits per heavy atom. The van der Waals surface area contributed by atoms with Gasteiger partial charge in [-0.2, -0.15) is 0 Å². The SMILES string of the molecule is C=CC(=O)OCCOC(=O)c1cc(O)c(O)c(O)c1. The number of hydrogen-bond acceptors (Lipinski definition) is 7. The Kier molecular flexibility index (Phi) is 4.76. The molecule has 0 spiro atoms. The average molecular weight is 268 g/mol. The molecular formula is C12H12O7. The summed E-state index contributed by atoms with van der Waals surface area (Å²) in [5.41, 5.74) is -0.150. The first-order chi connectivity index (χ1) is 8.95. The van der Waals surface area contributed by atoms with Crippen LogP contribution in [0.5, 0.6) is 17.2 Å². The molecule has 0 unspecified atom stereocenters. The summed E-state index contributed by atoms with van der Waals surface area (Å²) in [6, 6.07) is 1.88. The predicted octanol–water partition coefficient (Wildman–Crippen LogP) is 0.689. The van der Waals surface area contributed by atoms with Gasteiger partial charge in [0.05, 0.1) is 5.56 Å². The van der Waals surface area contributed by atoms with Crippen molar-refractivity contribution in [3.8, 4) is 17.2 Å². The van der Waals surface area contributed by atoms with E-state index in [-0.39, 0.29) is 18.8 Å². The highest BCUT2D eigenvalue weighted by Gasteiger charge is 2.14. The summed E-state index contributed by atoms with van der Waals surface area (Å²) in [6.45, 7) is 2.85. The molecule has 7 heteroatoms. The molecule has 0 amide bonds. The molecule has 1 aromatic rings. The first-order valence-electron chi connectivity index (χ1n) is 5.17. The van der Waals surface area contributed by atoms with Gasteiger partial charge in [-0.05, 0) is 12.1 Å². The number of ether oxygens (including phenoxy) is 2. The third-order valence-corrected chi connectivity index (χ3v) is 2.03. The molecule has 0 fully saturated rings. The van der Waals surface area contributed by atoms with Crippen molar-refractivity contribution in [2.75, 3.05) is 13.2 Å². The second-order valence-electron chi connectivity index (χ2n) is 3.37. The Bertz CT molecular complexity index is 484. The van der Waals surface area contributed by atoms with Crippen LogP contribution in [0.4, 0.5) is 0 Å². The lowest BCUT2D eigenvalue weighted by Crippen LogP contribution is -2.12. The molecule has 3 N–H and O–H groups in total. The maximum atomic E-state index is 11.5. The third-order valence-electron chi connectivity index (χ3n) is 2.03. The van der Waals surface area contributed by atoms with Crippen molar-refractivity contribution < 1.29 is 34.4 Å². The number of carbonyl (C=O) groups excluding carboxylic acids is 2. The molecule has 19 heavy (non-hydrogen) atoms. The summed E-state index contributed by atoms with van der Waals surface area (Å²) in [7, 11) is 0. The van der Waals surface area contributed by atoms with E-state index in [0.29, 0.717) is 0 Å². The Hall–Kier alpha value is -2.70. The molecule has 1 rings (SSSR count). The van der Waals surface area contributed by atoms with Gasteiger partial charge in [0.25, 0.3) is 0 Å². The summed E-state index contributed by atoms with van der Waals surface area (Å²) in [4.78, 5) is 22.2. The average Bonchev–Trinajstić information content (AvgIpc) is 2.39. The lowest BCUT2D eigenvalue weighted by Gasteiger charge is -2.07. The van der Waals surface area contributed by atoms with Gasteiger partial charge in [-0.1, -0.05) is 6.58 Å². The highest BCUT2D eigenvalue weighted by atomic mass is 16.6. The largest absolute Gasteiger partial charge is 0.504 e. The molecule has 0 heterocycles. The molecule has 0 radical (unpaired) electrons. The zero-order chi connectivity index (χ0) is 14.4. The van der Waals surface area contributed by atoms with Crippen LogP contribution in [0.1, 0.15) is 10.4 Å². The number of rotatable bonds is 5. The topological polar surface area (TPSA) is 113 Å². The Labute approximate surface area is 108 Å². The van der Waals surface area contributed by atoms with E-state index < -0.39 is 29.2 Å². The zero-order valence-corrected chi connectivity index (χ0v) is 9.83. The number of benzene rings is 1. The van der Waals surface area contributed by atoms with Crippen LogP contribution in [-0.4, -0.2) is 40.5 Å². The summed E-state index contributed by atoms with van der Waals surface area (Å²) >= 11 is 0. The van der Waals surface area contributed by atoms with Crippen molar-refractivity contribution in [1.82, 2.24) is 0 Å². The van der Waals surface area contributed by atoms with Crippen LogP contribution < -0.4 is 0 Å². The van der Waals surface area contributed by atoms with Gasteiger partial charge < -0.3 is 24.8 Å². The lowest BCUT2D eigenvalue weighted by molar-refractivity contribution is -0.138.